The Kier molecular flexibility index (Phi) is 14.0. The molecule has 0 amide bonds. The monoisotopic (exact) mass is 870 g/mol. The molecule has 12 nitrogen and oxygen atoms in total. The van der Waals surface area contributed by atoms with Crippen molar-refractivity contribution in [3.05, 3.63) is 39.7 Å². The fourth-order valence-corrected chi connectivity index (χ4v) is 13.7. The molecule has 0 bridgehead atoms. The molecule has 332 valence electrons. The summed E-state index contributed by atoms with van der Waals surface area (Å²) in [5.74, 6) is -0.797. The van der Waals surface area contributed by atoms with Crippen LogP contribution >= 0.6 is 22.7 Å². The van der Waals surface area contributed by atoms with E-state index >= 15 is 4.79 Å². The van der Waals surface area contributed by atoms with Gasteiger partial charge in [-0.05, 0) is 108 Å². The number of aromatic nitrogens is 1. The van der Waals surface area contributed by atoms with Crippen LogP contribution in [0.2, 0.25) is 0 Å². The van der Waals surface area contributed by atoms with E-state index in [4.69, 9.17) is 42.9 Å². The Labute approximate surface area is 363 Å². The highest BCUT2D eigenvalue weighted by Gasteiger charge is 2.57. The molecule has 0 spiro atoms. The number of rotatable bonds is 10. The van der Waals surface area contributed by atoms with Gasteiger partial charge < -0.3 is 42.8 Å². The number of nitrogens with zero attached hydrogens (tertiary/aromatic N) is 2. The van der Waals surface area contributed by atoms with Crippen molar-refractivity contribution in [3.8, 4) is 9.88 Å². The first-order valence-electron chi connectivity index (χ1n) is 22.3. The molecule has 5 heterocycles. The van der Waals surface area contributed by atoms with Crippen LogP contribution in [0.3, 0.4) is 0 Å². The minimum absolute atomic E-state index is 0.00989. The summed E-state index contributed by atoms with van der Waals surface area (Å²) in [5.41, 5.74) is 1.74. The van der Waals surface area contributed by atoms with Crippen LogP contribution in [0.15, 0.2) is 29.2 Å². The number of Topliss-reactive ketones (excluding diaryl/α,β-unsaturated/α-hetero) is 1. The molecule has 4 unspecified atom stereocenters. The van der Waals surface area contributed by atoms with Gasteiger partial charge in [0.25, 0.3) is 0 Å². The third-order valence-electron chi connectivity index (χ3n) is 14.6. The number of thiophene rings is 1. The summed E-state index contributed by atoms with van der Waals surface area (Å²) in [6, 6.07) is 4.50. The van der Waals surface area contributed by atoms with E-state index in [-0.39, 0.29) is 96.8 Å². The normalized spacial score (nSPS) is 41.1. The van der Waals surface area contributed by atoms with E-state index in [1.165, 1.54) is 4.88 Å². The number of likely N-dealkylation sites (N-methyl/N-ethyl adjacent to an activating group) is 1. The fraction of sp³-hybridized carbons (Fsp3) is 0.761. The van der Waals surface area contributed by atoms with Gasteiger partial charge >= 0.3 is 5.97 Å². The van der Waals surface area contributed by atoms with Crippen LogP contribution in [0, 0.1) is 23.7 Å². The van der Waals surface area contributed by atoms with Crippen molar-refractivity contribution in [2.24, 2.45) is 23.7 Å². The topological polar surface area (TPSA) is 124 Å². The molecule has 1 saturated carbocycles. The summed E-state index contributed by atoms with van der Waals surface area (Å²) in [6.07, 6.45) is 5.50. The summed E-state index contributed by atoms with van der Waals surface area (Å²) in [7, 11) is 9.17. The van der Waals surface area contributed by atoms with Crippen LogP contribution in [-0.2, 0) is 47.5 Å². The van der Waals surface area contributed by atoms with Gasteiger partial charge in [-0.3, -0.25) is 9.59 Å². The second-order valence-electron chi connectivity index (χ2n) is 18.2. The molecule has 8 rings (SSSR count). The van der Waals surface area contributed by atoms with E-state index in [2.05, 4.69) is 56.4 Å². The van der Waals surface area contributed by atoms with Gasteiger partial charge in [0.1, 0.15) is 29.4 Å². The number of methoxy groups -OCH3 is 3. The molecule has 3 aliphatic carbocycles. The van der Waals surface area contributed by atoms with E-state index in [1.54, 1.807) is 44.0 Å². The van der Waals surface area contributed by atoms with Crippen LogP contribution < -0.4 is 0 Å². The molecule has 14 heteroatoms. The highest BCUT2D eigenvalue weighted by Crippen LogP contribution is 2.63. The predicted molar refractivity (Wildman–Crippen MR) is 229 cm³/mol. The largest absolute Gasteiger partial charge is 0.462 e. The molecule has 0 aromatic carbocycles. The van der Waals surface area contributed by atoms with Gasteiger partial charge in [0.05, 0.1) is 41.4 Å². The number of cyclic esters (lactones) is 1. The Morgan fingerprint density at radius 2 is 1.68 bits per heavy atom. The molecule has 3 saturated heterocycles. The third kappa shape index (κ3) is 8.60. The lowest BCUT2D eigenvalue weighted by atomic mass is 9.67. The molecule has 2 aromatic rings. The summed E-state index contributed by atoms with van der Waals surface area (Å²) < 4.78 is 50.5. The number of fused-ring (bicyclic) bond motifs is 8. The van der Waals surface area contributed by atoms with E-state index in [9.17, 15) is 4.79 Å². The average molecular weight is 871 g/mol. The van der Waals surface area contributed by atoms with Gasteiger partial charge in [-0.2, -0.15) is 0 Å². The second-order valence-corrected chi connectivity index (χ2v) is 20.2. The lowest BCUT2D eigenvalue weighted by Gasteiger charge is -2.44. The number of ketones is 1. The molecular weight excluding hydrogens is 805 g/mol. The summed E-state index contributed by atoms with van der Waals surface area (Å²) >= 11 is 3.44. The highest BCUT2D eigenvalue weighted by atomic mass is 32.1. The van der Waals surface area contributed by atoms with E-state index in [0.717, 1.165) is 66.1 Å². The molecule has 2 aromatic heterocycles. The van der Waals surface area contributed by atoms with E-state index in [1.807, 2.05) is 13.8 Å². The van der Waals surface area contributed by atoms with Crippen LogP contribution in [0.5, 0.6) is 0 Å². The van der Waals surface area contributed by atoms with Crippen LogP contribution in [-0.4, -0.2) is 125 Å². The Bertz CT molecular complexity index is 1820. The average Bonchev–Trinajstić information content (AvgIpc) is 4.05. The minimum atomic E-state index is -0.646. The number of carbonyl (C=O) groups is 2. The zero-order valence-corrected chi connectivity index (χ0v) is 38.4. The first kappa shape index (κ1) is 44.5. The second kappa shape index (κ2) is 18.9. The highest BCUT2D eigenvalue weighted by molar-refractivity contribution is 7.21. The minimum Gasteiger partial charge on any atom is -0.462 e. The maximum absolute atomic E-state index is 15.2. The lowest BCUT2D eigenvalue weighted by Crippen LogP contribution is -2.59. The number of thiazole rings is 1. The Morgan fingerprint density at radius 3 is 2.37 bits per heavy atom. The van der Waals surface area contributed by atoms with Crippen molar-refractivity contribution in [3.63, 3.8) is 0 Å². The zero-order valence-electron chi connectivity index (χ0n) is 36.8. The van der Waals surface area contributed by atoms with Crippen LogP contribution in [0.25, 0.3) is 9.88 Å². The van der Waals surface area contributed by atoms with Gasteiger partial charge in [0, 0.05) is 55.9 Å². The molecule has 6 aliphatic rings. The Hall–Kier alpha value is -2.11. The maximum Gasteiger partial charge on any atom is 0.306 e. The zero-order chi connectivity index (χ0) is 42.4. The Morgan fingerprint density at radius 1 is 0.900 bits per heavy atom. The number of hydrogen-bond acceptors (Lipinski definition) is 14. The van der Waals surface area contributed by atoms with Crippen molar-refractivity contribution in [1.29, 1.82) is 0 Å². The SMILES string of the molecule is CC[C@H]1CCC[C@H](O[C@H]2CC[C@H](N(C)C)C(C)O2)[C@@H](C)C(=O)C2=C[C@H]3[C@@H]4C[C@H](O[C@@H]5OC(C)[C@H](OC)C(OC)C5OC)C[C@H]4c4sc(-c5cccs5)nc4[C@H]3[C@@H]2CC(=O)O1. The lowest BCUT2D eigenvalue weighted by molar-refractivity contribution is -0.314. The summed E-state index contributed by atoms with van der Waals surface area (Å²) in [4.78, 5) is 39.2. The number of allylic oxidation sites excluding steroid dienone is 2. The molecule has 4 fully saturated rings. The maximum atomic E-state index is 15.2. The number of carbonyl (C=O) groups excluding carboxylic acids is 2. The van der Waals surface area contributed by atoms with Gasteiger partial charge in [-0.15, -0.1) is 22.7 Å². The first-order valence-corrected chi connectivity index (χ1v) is 24.0. The molecule has 0 radical (unpaired) electrons. The van der Waals surface area contributed by atoms with Crippen molar-refractivity contribution in [2.75, 3.05) is 35.4 Å². The third-order valence-corrected chi connectivity index (χ3v) is 16.9. The molecule has 60 heavy (non-hydrogen) atoms. The van der Waals surface area contributed by atoms with Crippen LogP contribution in [0.4, 0.5) is 0 Å². The molecular formula is C46H66N2O10S2. The van der Waals surface area contributed by atoms with Crippen molar-refractivity contribution < 1.29 is 47.5 Å². The van der Waals surface area contributed by atoms with Gasteiger partial charge in [-0.25, -0.2) is 4.98 Å². The Balaban J connectivity index is 1.12. The van der Waals surface area contributed by atoms with Gasteiger partial charge in [-0.1, -0.05) is 26.0 Å². The standard InChI is InChI=1S/C46H66N2O10S2/c1-10-26-13-11-14-34(58-37-17-16-33(48(5)6)24(3)54-37)23(2)40(50)31-21-29-28-19-27(57-46-43(53-9)42(52-8)41(51-7)25(4)55-46)20-32(28)44-39(38(29)30(31)22-36(49)56-26)47-45(60-44)35-15-12-18-59-35/h12,15,18,21,23-30,32-34,37-38,41-43,46H,10-11,13-14,16-17,19-20,22H2,1-9H3/t23-,24?,25?,26+,27+,28+,29+,30-,32-,33+,34+,37+,38-,41+,42?,43?,46+/m1/s1. The van der Waals surface area contributed by atoms with E-state index < -0.39 is 18.3 Å². The predicted octanol–water partition coefficient (Wildman–Crippen LogP) is 7.75. The summed E-state index contributed by atoms with van der Waals surface area (Å²) in [5, 5.41) is 3.07. The molecule has 0 N–H and O–H groups in total. The van der Waals surface area contributed by atoms with Gasteiger partial charge in [0.15, 0.2) is 18.4 Å². The number of ether oxygens (including phenoxy) is 8. The summed E-state index contributed by atoms with van der Waals surface area (Å²) in [6.45, 7) is 8.19. The van der Waals surface area contributed by atoms with Gasteiger partial charge in [0.2, 0.25) is 0 Å². The first-order chi connectivity index (χ1) is 28.9. The van der Waals surface area contributed by atoms with Crippen LogP contribution in [0.1, 0.15) is 108 Å². The van der Waals surface area contributed by atoms with Crippen molar-refractivity contribution in [2.45, 2.75) is 165 Å². The number of hydrogen-bond donors (Lipinski definition) is 0. The van der Waals surface area contributed by atoms with E-state index in [0.29, 0.717) is 12.5 Å². The number of esters is 1. The molecule has 17 atom stereocenters. The van der Waals surface area contributed by atoms with Crippen molar-refractivity contribution in [1.82, 2.24) is 9.88 Å². The molecule has 3 aliphatic heterocycles. The van der Waals surface area contributed by atoms with Crippen molar-refractivity contribution >= 4 is 34.4 Å². The quantitative estimate of drug-likeness (QED) is 0.217. The smallest absolute Gasteiger partial charge is 0.306 e. The fourth-order valence-electron chi connectivity index (χ4n) is 11.6.